The molecule has 1 saturated carbocycles. The van der Waals surface area contributed by atoms with E-state index in [1.165, 1.54) is 0 Å². The molecule has 0 aromatic carbocycles. The number of amides is 1. The zero-order chi connectivity index (χ0) is 14.6. The van der Waals surface area contributed by atoms with Crippen LogP contribution in [0.15, 0.2) is 0 Å². The summed E-state index contributed by atoms with van der Waals surface area (Å²) < 4.78 is 5.30. The van der Waals surface area contributed by atoms with Gasteiger partial charge in [-0.1, -0.05) is 19.3 Å². The van der Waals surface area contributed by atoms with E-state index >= 15 is 0 Å². The smallest absolute Gasteiger partial charge is 0.305 e. The Kier molecular flexibility index (Phi) is 5.02. The number of aliphatic carboxylic acids is 1. The van der Waals surface area contributed by atoms with Crippen molar-refractivity contribution in [3.05, 3.63) is 0 Å². The second-order valence-electron chi connectivity index (χ2n) is 6.14. The molecule has 0 bridgehead atoms. The first-order chi connectivity index (χ1) is 9.55. The molecule has 1 aliphatic carbocycles. The van der Waals surface area contributed by atoms with Crippen LogP contribution in [0.5, 0.6) is 0 Å². The van der Waals surface area contributed by atoms with E-state index in [2.05, 4.69) is 0 Å². The van der Waals surface area contributed by atoms with Crippen LogP contribution in [0.4, 0.5) is 0 Å². The maximum absolute atomic E-state index is 12.7. The number of carboxylic acid groups (broad SMARTS) is 1. The highest BCUT2D eigenvalue weighted by atomic mass is 16.5. The Morgan fingerprint density at radius 3 is 2.35 bits per heavy atom. The summed E-state index contributed by atoms with van der Waals surface area (Å²) in [6.07, 6.45) is 6.37. The van der Waals surface area contributed by atoms with Crippen LogP contribution in [0.2, 0.25) is 0 Å². The van der Waals surface area contributed by atoms with Crippen LogP contribution >= 0.6 is 0 Å². The molecule has 0 aromatic rings. The van der Waals surface area contributed by atoms with Gasteiger partial charge in [0.1, 0.15) is 0 Å². The molecule has 5 heteroatoms. The molecule has 5 nitrogen and oxygen atoms in total. The molecule has 2 aliphatic rings. The summed E-state index contributed by atoms with van der Waals surface area (Å²) in [5, 5.41) is 9.21. The number of ether oxygens (including phenoxy) is 1. The number of carboxylic acids is 1. The van der Waals surface area contributed by atoms with Gasteiger partial charge in [-0.05, 0) is 25.7 Å². The van der Waals surface area contributed by atoms with Crippen molar-refractivity contribution >= 4 is 11.9 Å². The molecular formula is C15H25NO4. The molecule has 20 heavy (non-hydrogen) atoms. The number of nitrogens with zero attached hydrogens (tertiary/aromatic N) is 1. The summed E-state index contributed by atoms with van der Waals surface area (Å²) in [6.45, 7) is 1.27. The third-order valence-corrected chi connectivity index (χ3v) is 4.88. The first kappa shape index (κ1) is 15.3. The molecule has 0 aromatic heterocycles. The third kappa shape index (κ3) is 3.32. The predicted octanol–water partition coefficient (Wildman–Crippen LogP) is 2.05. The third-order valence-electron chi connectivity index (χ3n) is 4.88. The Morgan fingerprint density at radius 1 is 1.20 bits per heavy atom. The zero-order valence-electron chi connectivity index (χ0n) is 12.3. The van der Waals surface area contributed by atoms with Gasteiger partial charge >= 0.3 is 5.97 Å². The van der Waals surface area contributed by atoms with Crippen molar-refractivity contribution in [3.8, 4) is 0 Å². The van der Waals surface area contributed by atoms with Crippen molar-refractivity contribution in [3.63, 3.8) is 0 Å². The van der Waals surface area contributed by atoms with Crippen LogP contribution in [0.3, 0.4) is 0 Å². The molecule has 1 saturated heterocycles. The lowest BCUT2D eigenvalue weighted by atomic mass is 9.77. The molecule has 1 amide bonds. The molecular weight excluding hydrogens is 258 g/mol. The van der Waals surface area contributed by atoms with Crippen molar-refractivity contribution in [2.24, 2.45) is 5.92 Å². The van der Waals surface area contributed by atoms with Crippen molar-refractivity contribution in [1.82, 2.24) is 4.90 Å². The van der Waals surface area contributed by atoms with Crippen molar-refractivity contribution < 1.29 is 19.4 Å². The SMILES string of the molecule is CN(C(=O)C1CCOCC1)C1(CC(=O)O)CCCCC1. The van der Waals surface area contributed by atoms with Crippen molar-refractivity contribution in [1.29, 1.82) is 0 Å². The molecule has 1 heterocycles. The van der Waals surface area contributed by atoms with Gasteiger partial charge in [0.15, 0.2) is 0 Å². The van der Waals surface area contributed by atoms with Crippen molar-refractivity contribution in [2.75, 3.05) is 20.3 Å². The summed E-state index contributed by atoms with van der Waals surface area (Å²) in [7, 11) is 1.80. The standard InChI is InChI=1S/C15H25NO4/c1-16(14(19)12-5-9-20-10-6-12)15(11-13(17)18)7-3-2-4-8-15/h12H,2-11H2,1H3,(H,17,18). The van der Waals surface area contributed by atoms with Gasteiger partial charge in [-0.3, -0.25) is 9.59 Å². The Bertz CT molecular complexity index is 357. The van der Waals surface area contributed by atoms with E-state index in [1.807, 2.05) is 0 Å². The zero-order valence-corrected chi connectivity index (χ0v) is 12.3. The van der Waals surface area contributed by atoms with Gasteiger partial charge in [0.25, 0.3) is 0 Å². The van der Waals surface area contributed by atoms with E-state index in [-0.39, 0.29) is 18.2 Å². The van der Waals surface area contributed by atoms with Gasteiger partial charge in [0, 0.05) is 26.2 Å². The predicted molar refractivity (Wildman–Crippen MR) is 74.4 cm³/mol. The number of carbonyl (C=O) groups excluding carboxylic acids is 1. The van der Waals surface area contributed by atoms with Crippen molar-refractivity contribution in [2.45, 2.75) is 56.9 Å². The van der Waals surface area contributed by atoms with Gasteiger partial charge in [0.05, 0.1) is 12.0 Å². The minimum Gasteiger partial charge on any atom is -0.481 e. The number of rotatable bonds is 4. The summed E-state index contributed by atoms with van der Waals surface area (Å²) in [6, 6.07) is 0. The van der Waals surface area contributed by atoms with Crippen LogP contribution in [-0.4, -0.2) is 47.7 Å². The van der Waals surface area contributed by atoms with E-state index in [0.717, 1.165) is 44.9 Å². The molecule has 0 atom stereocenters. The minimum absolute atomic E-state index is 0.00125. The molecule has 1 N–H and O–H groups in total. The van der Waals surface area contributed by atoms with Crippen LogP contribution in [0.25, 0.3) is 0 Å². The Balaban J connectivity index is 2.10. The Labute approximate surface area is 120 Å². The second kappa shape index (κ2) is 6.57. The number of hydrogen-bond donors (Lipinski definition) is 1. The lowest BCUT2D eigenvalue weighted by molar-refractivity contribution is -0.150. The molecule has 1 aliphatic heterocycles. The van der Waals surface area contributed by atoms with Gasteiger partial charge in [-0.25, -0.2) is 0 Å². The minimum atomic E-state index is -0.807. The lowest BCUT2D eigenvalue weighted by Gasteiger charge is -2.45. The second-order valence-corrected chi connectivity index (χ2v) is 6.14. The highest BCUT2D eigenvalue weighted by Crippen LogP contribution is 2.37. The summed E-state index contributed by atoms with van der Waals surface area (Å²) >= 11 is 0. The summed E-state index contributed by atoms with van der Waals surface area (Å²) in [5.74, 6) is -0.698. The molecule has 2 rings (SSSR count). The van der Waals surface area contributed by atoms with E-state index in [1.54, 1.807) is 11.9 Å². The van der Waals surface area contributed by atoms with E-state index in [0.29, 0.717) is 13.2 Å². The fourth-order valence-corrected chi connectivity index (χ4v) is 3.57. The largest absolute Gasteiger partial charge is 0.481 e. The van der Waals surface area contributed by atoms with Crippen LogP contribution in [0, 0.1) is 5.92 Å². The first-order valence-corrected chi connectivity index (χ1v) is 7.62. The highest BCUT2D eigenvalue weighted by Gasteiger charge is 2.42. The average Bonchev–Trinajstić information content (AvgIpc) is 2.47. The van der Waals surface area contributed by atoms with E-state index in [4.69, 9.17) is 4.74 Å². The van der Waals surface area contributed by atoms with Crippen LogP contribution in [-0.2, 0) is 14.3 Å². The fraction of sp³-hybridized carbons (Fsp3) is 0.867. The topological polar surface area (TPSA) is 66.8 Å². The average molecular weight is 283 g/mol. The maximum atomic E-state index is 12.7. The molecule has 0 radical (unpaired) electrons. The van der Waals surface area contributed by atoms with E-state index < -0.39 is 11.5 Å². The van der Waals surface area contributed by atoms with Crippen LogP contribution in [0.1, 0.15) is 51.4 Å². The number of carbonyl (C=O) groups is 2. The molecule has 114 valence electrons. The quantitative estimate of drug-likeness (QED) is 0.857. The molecule has 0 spiro atoms. The van der Waals surface area contributed by atoms with Gasteiger partial charge in [-0.2, -0.15) is 0 Å². The highest BCUT2D eigenvalue weighted by molar-refractivity contribution is 5.80. The first-order valence-electron chi connectivity index (χ1n) is 7.62. The lowest BCUT2D eigenvalue weighted by Crippen LogP contribution is -2.54. The Hall–Kier alpha value is -1.10. The van der Waals surface area contributed by atoms with Crippen LogP contribution < -0.4 is 0 Å². The van der Waals surface area contributed by atoms with Gasteiger partial charge in [-0.15, -0.1) is 0 Å². The summed E-state index contributed by atoms with van der Waals surface area (Å²) in [5.41, 5.74) is -0.473. The van der Waals surface area contributed by atoms with Gasteiger partial charge in [0.2, 0.25) is 5.91 Å². The fourth-order valence-electron chi connectivity index (χ4n) is 3.57. The number of hydrogen-bond acceptors (Lipinski definition) is 3. The maximum Gasteiger partial charge on any atom is 0.305 e. The molecule has 2 fully saturated rings. The Morgan fingerprint density at radius 2 is 1.80 bits per heavy atom. The summed E-state index contributed by atoms with van der Waals surface area (Å²) in [4.78, 5) is 25.6. The van der Waals surface area contributed by atoms with Gasteiger partial charge < -0.3 is 14.7 Å². The molecule has 0 unspecified atom stereocenters. The monoisotopic (exact) mass is 283 g/mol. The normalized spacial score (nSPS) is 23.2. The van der Waals surface area contributed by atoms with E-state index in [9.17, 15) is 14.7 Å².